The molecule has 0 bridgehead atoms. The van der Waals surface area contributed by atoms with Crippen LogP contribution in [0.4, 0.5) is 0 Å². The van der Waals surface area contributed by atoms with Crippen molar-refractivity contribution < 1.29 is 9.47 Å². The maximum absolute atomic E-state index is 5.67. The van der Waals surface area contributed by atoms with Crippen molar-refractivity contribution in [3.8, 4) is 5.88 Å². The maximum atomic E-state index is 5.67. The zero-order valence-corrected chi connectivity index (χ0v) is 15.0. The summed E-state index contributed by atoms with van der Waals surface area (Å²) in [6.45, 7) is 10.8. The number of nitrogens with one attached hydrogen (secondary N) is 2. The van der Waals surface area contributed by atoms with Gasteiger partial charge in [0.15, 0.2) is 5.96 Å². The summed E-state index contributed by atoms with van der Waals surface area (Å²) in [6, 6.07) is 3.89. The maximum Gasteiger partial charge on any atom is 0.218 e. The highest BCUT2D eigenvalue weighted by Crippen LogP contribution is 2.15. The Hall–Kier alpha value is -1.82. The van der Waals surface area contributed by atoms with Gasteiger partial charge >= 0.3 is 0 Å². The minimum atomic E-state index is -0.250. The number of guanidine groups is 1. The van der Waals surface area contributed by atoms with E-state index in [2.05, 4.69) is 27.5 Å². The highest BCUT2D eigenvalue weighted by Gasteiger charge is 2.16. The molecule has 23 heavy (non-hydrogen) atoms. The molecule has 130 valence electrons. The molecule has 1 aromatic rings. The molecule has 2 N–H and O–H groups in total. The largest absolute Gasteiger partial charge is 0.477 e. The Kier molecular flexibility index (Phi) is 8.40. The number of nitrogens with zero attached hydrogens (tertiary/aromatic N) is 2. The fraction of sp³-hybridized carbons (Fsp3) is 0.647. The first kappa shape index (κ1) is 19.2. The van der Waals surface area contributed by atoms with Gasteiger partial charge in [0, 0.05) is 32.0 Å². The fourth-order valence-electron chi connectivity index (χ4n) is 1.75. The number of aromatic nitrogens is 1. The molecule has 0 radical (unpaired) electrons. The Morgan fingerprint density at radius 3 is 2.74 bits per heavy atom. The summed E-state index contributed by atoms with van der Waals surface area (Å²) < 4.78 is 11.1. The number of ether oxygens (including phenoxy) is 2. The third-order valence-corrected chi connectivity index (χ3v) is 3.28. The monoisotopic (exact) mass is 322 g/mol. The third kappa shape index (κ3) is 7.32. The quantitative estimate of drug-likeness (QED) is 0.539. The van der Waals surface area contributed by atoms with Gasteiger partial charge in [0.2, 0.25) is 5.88 Å². The molecule has 0 saturated heterocycles. The molecule has 0 saturated carbocycles. The molecule has 1 rings (SSSR count). The molecule has 6 nitrogen and oxygen atoms in total. The molecule has 0 aliphatic rings. The van der Waals surface area contributed by atoms with Crippen molar-refractivity contribution >= 4 is 5.96 Å². The van der Waals surface area contributed by atoms with E-state index >= 15 is 0 Å². The summed E-state index contributed by atoms with van der Waals surface area (Å²) in [5, 5.41) is 6.53. The standard InChI is InChI=1S/C17H30N4O2/c1-6-11-23-15-14(9-8-10-19-15)12-20-16(18-7-2)21-13-17(3,4)22-5/h8-10H,6-7,11-13H2,1-5H3,(H2,18,20,21). The van der Waals surface area contributed by atoms with Gasteiger partial charge in [-0.15, -0.1) is 0 Å². The van der Waals surface area contributed by atoms with Gasteiger partial charge in [-0.3, -0.25) is 0 Å². The lowest BCUT2D eigenvalue weighted by Gasteiger charge is -2.24. The van der Waals surface area contributed by atoms with Gasteiger partial charge in [-0.25, -0.2) is 9.98 Å². The topological polar surface area (TPSA) is 67.8 Å². The molecule has 0 aliphatic heterocycles. The number of methoxy groups -OCH3 is 1. The molecular weight excluding hydrogens is 292 g/mol. The van der Waals surface area contributed by atoms with E-state index < -0.39 is 0 Å². The zero-order chi connectivity index (χ0) is 17.1. The van der Waals surface area contributed by atoms with Crippen LogP contribution in [0.2, 0.25) is 0 Å². The van der Waals surface area contributed by atoms with E-state index in [0.29, 0.717) is 25.6 Å². The van der Waals surface area contributed by atoms with Crippen LogP contribution in [-0.2, 0) is 11.3 Å². The highest BCUT2D eigenvalue weighted by molar-refractivity contribution is 5.79. The van der Waals surface area contributed by atoms with Crippen molar-refractivity contribution in [1.82, 2.24) is 15.6 Å². The Morgan fingerprint density at radius 1 is 1.30 bits per heavy atom. The Balaban J connectivity index is 2.73. The van der Waals surface area contributed by atoms with Crippen LogP contribution >= 0.6 is 0 Å². The summed E-state index contributed by atoms with van der Waals surface area (Å²) in [6.07, 6.45) is 2.69. The number of hydrogen-bond donors (Lipinski definition) is 2. The summed E-state index contributed by atoms with van der Waals surface area (Å²) in [5.74, 6) is 1.41. The Morgan fingerprint density at radius 2 is 2.09 bits per heavy atom. The average Bonchev–Trinajstić information content (AvgIpc) is 2.56. The minimum absolute atomic E-state index is 0.250. The molecule has 1 aromatic heterocycles. The first-order valence-corrected chi connectivity index (χ1v) is 8.16. The van der Waals surface area contributed by atoms with Gasteiger partial charge in [0.25, 0.3) is 0 Å². The van der Waals surface area contributed by atoms with Crippen LogP contribution < -0.4 is 15.4 Å². The second-order valence-corrected chi connectivity index (χ2v) is 5.83. The predicted molar refractivity (Wildman–Crippen MR) is 93.9 cm³/mol. The number of aliphatic imine (C=N–C) groups is 1. The lowest BCUT2D eigenvalue weighted by atomic mass is 10.1. The lowest BCUT2D eigenvalue weighted by molar-refractivity contribution is 0.0268. The van der Waals surface area contributed by atoms with Crippen LogP contribution in [0.1, 0.15) is 39.7 Å². The summed E-state index contributed by atoms with van der Waals surface area (Å²) in [4.78, 5) is 8.90. The van der Waals surface area contributed by atoms with Gasteiger partial charge in [-0.05, 0) is 33.3 Å². The van der Waals surface area contributed by atoms with Crippen LogP contribution in [0.3, 0.4) is 0 Å². The van der Waals surface area contributed by atoms with Crippen molar-refractivity contribution in [3.05, 3.63) is 23.9 Å². The molecule has 6 heteroatoms. The van der Waals surface area contributed by atoms with E-state index in [1.54, 1.807) is 13.3 Å². The van der Waals surface area contributed by atoms with Crippen LogP contribution in [0.25, 0.3) is 0 Å². The molecule has 0 aromatic carbocycles. The van der Waals surface area contributed by atoms with Crippen molar-refractivity contribution in [2.75, 3.05) is 26.8 Å². The van der Waals surface area contributed by atoms with E-state index in [4.69, 9.17) is 9.47 Å². The third-order valence-electron chi connectivity index (χ3n) is 3.28. The minimum Gasteiger partial charge on any atom is -0.477 e. The van der Waals surface area contributed by atoms with Gasteiger partial charge in [-0.1, -0.05) is 13.0 Å². The molecule has 0 spiro atoms. The number of rotatable bonds is 9. The van der Waals surface area contributed by atoms with Crippen molar-refractivity contribution in [2.24, 2.45) is 4.99 Å². The first-order chi connectivity index (χ1) is 11.0. The molecular formula is C17H30N4O2. The van der Waals surface area contributed by atoms with Crippen LogP contribution in [0, 0.1) is 0 Å². The summed E-state index contributed by atoms with van der Waals surface area (Å²) in [5.41, 5.74) is 0.726. The SMILES string of the molecule is CCCOc1ncccc1CN=C(NCC)NCC(C)(C)OC. The van der Waals surface area contributed by atoms with Crippen molar-refractivity contribution in [2.45, 2.75) is 46.3 Å². The van der Waals surface area contributed by atoms with E-state index in [9.17, 15) is 0 Å². The molecule has 1 heterocycles. The summed E-state index contributed by atoms with van der Waals surface area (Å²) >= 11 is 0. The van der Waals surface area contributed by atoms with Crippen LogP contribution in [-0.4, -0.2) is 43.4 Å². The second-order valence-electron chi connectivity index (χ2n) is 5.83. The highest BCUT2D eigenvalue weighted by atomic mass is 16.5. The number of pyridine rings is 1. The fourth-order valence-corrected chi connectivity index (χ4v) is 1.75. The second kappa shape index (κ2) is 10.0. The number of hydrogen-bond acceptors (Lipinski definition) is 4. The van der Waals surface area contributed by atoms with E-state index in [0.717, 1.165) is 24.5 Å². The molecule has 0 atom stereocenters. The van der Waals surface area contributed by atoms with Gasteiger partial charge < -0.3 is 20.1 Å². The average molecular weight is 322 g/mol. The van der Waals surface area contributed by atoms with Gasteiger partial charge in [0.05, 0.1) is 18.8 Å². The summed E-state index contributed by atoms with van der Waals surface area (Å²) in [7, 11) is 1.71. The van der Waals surface area contributed by atoms with Crippen molar-refractivity contribution in [3.63, 3.8) is 0 Å². The van der Waals surface area contributed by atoms with E-state index in [1.165, 1.54) is 0 Å². The van der Waals surface area contributed by atoms with E-state index in [1.807, 2.05) is 32.9 Å². The Labute approximate surface area is 139 Å². The molecule has 0 aliphatic carbocycles. The smallest absolute Gasteiger partial charge is 0.218 e. The predicted octanol–water partition coefficient (Wildman–Crippen LogP) is 2.35. The first-order valence-electron chi connectivity index (χ1n) is 8.16. The van der Waals surface area contributed by atoms with Gasteiger partial charge in [0.1, 0.15) is 0 Å². The molecule has 0 unspecified atom stereocenters. The molecule has 0 amide bonds. The van der Waals surface area contributed by atoms with Gasteiger partial charge in [-0.2, -0.15) is 0 Å². The lowest BCUT2D eigenvalue weighted by Crippen LogP contribution is -2.45. The normalized spacial score (nSPS) is 12.1. The van der Waals surface area contributed by atoms with E-state index in [-0.39, 0.29) is 5.60 Å². The Bertz CT molecular complexity index is 489. The van der Waals surface area contributed by atoms with Crippen LogP contribution in [0.15, 0.2) is 23.3 Å². The molecule has 0 fully saturated rings. The van der Waals surface area contributed by atoms with Crippen LogP contribution in [0.5, 0.6) is 5.88 Å². The van der Waals surface area contributed by atoms with Crippen molar-refractivity contribution in [1.29, 1.82) is 0 Å². The zero-order valence-electron chi connectivity index (χ0n) is 15.0.